The summed E-state index contributed by atoms with van der Waals surface area (Å²) in [6, 6.07) is -0.574. The maximum atomic E-state index is 13.0. The molecule has 1 atom stereocenters. The summed E-state index contributed by atoms with van der Waals surface area (Å²) in [4.78, 5) is 32.9. The highest BCUT2D eigenvalue weighted by atomic mass is 16.2. The van der Waals surface area contributed by atoms with Gasteiger partial charge in [-0.05, 0) is 64.2 Å². The number of nitrogens with zero attached hydrogens (tertiary/aromatic N) is 1. The van der Waals surface area contributed by atoms with Gasteiger partial charge < -0.3 is 15.6 Å². The zero-order valence-electron chi connectivity index (χ0n) is 31.5. The molecule has 48 heavy (non-hydrogen) atoms. The van der Waals surface area contributed by atoms with Gasteiger partial charge in [0.25, 0.3) is 0 Å². The van der Waals surface area contributed by atoms with Gasteiger partial charge in [0.2, 0.25) is 11.8 Å². The molecule has 6 heteroatoms. The number of aromatic nitrogens is 2. The van der Waals surface area contributed by atoms with E-state index in [1.165, 1.54) is 135 Å². The number of aromatic amines is 1. The Morgan fingerprint density at radius 1 is 0.625 bits per heavy atom. The highest BCUT2D eigenvalue weighted by Gasteiger charge is 2.21. The van der Waals surface area contributed by atoms with Crippen molar-refractivity contribution in [3.63, 3.8) is 0 Å². The Hall–Kier alpha value is -2.37. The van der Waals surface area contributed by atoms with E-state index in [2.05, 4.69) is 58.8 Å². The van der Waals surface area contributed by atoms with Crippen molar-refractivity contribution in [2.75, 3.05) is 6.54 Å². The van der Waals surface area contributed by atoms with Crippen molar-refractivity contribution in [2.45, 2.75) is 206 Å². The molecule has 1 rings (SSSR count). The number of nitrogens with one attached hydrogen (secondary N) is 3. The van der Waals surface area contributed by atoms with E-state index < -0.39 is 6.04 Å². The van der Waals surface area contributed by atoms with Gasteiger partial charge in [-0.1, -0.05) is 147 Å². The summed E-state index contributed by atoms with van der Waals surface area (Å²) >= 11 is 0. The van der Waals surface area contributed by atoms with Crippen LogP contribution in [-0.4, -0.2) is 34.4 Å². The van der Waals surface area contributed by atoms with Gasteiger partial charge in [-0.2, -0.15) is 0 Å². The summed E-state index contributed by atoms with van der Waals surface area (Å²) < 4.78 is 0. The third kappa shape index (κ3) is 28.6. The van der Waals surface area contributed by atoms with Crippen LogP contribution in [0.15, 0.2) is 36.8 Å². The fourth-order valence-corrected chi connectivity index (χ4v) is 6.16. The first-order valence-electron chi connectivity index (χ1n) is 20.5. The smallest absolute Gasteiger partial charge is 0.242 e. The minimum absolute atomic E-state index is 0.0375. The minimum Gasteiger partial charge on any atom is -0.354 e. The van der Waals surface area contributed by atoms with E-state index in [4.69, 9.17) is 0 Å². The highest BCUT2D eigenvalue weighted by molar-refractivity contribution is 5.87. The lowest BCUT2D eigenvalue weighted by atomic mass is 10.1. The van der Waals surface area contributed by atoms with Crippen LogP contribution in [0.4, 0.5) is 0 Å². The highest BCUT2D eigenvalue weighted by Crippen LogP contribution is 2.12. The van der Waals surface area contributed by atoms with E-state index in [0.29, 0.717) is 19.4 Å². The average Bonchev–Trinajstić information content (AvgIpc) is 3.60. The minimum atomic E-state index is -0.574. The number of carbonyl (C=O) groups is 2. The van der Waals surface area contributed by atoms with Gasteiger partial charge in [0.1, 0.15) is 6.04 Å². The number of hydrogen-bond donors (Lipinski definition) is 3. The number of imidazole rings is 1. The summed E-state index contributed by atoms with van der Waals surface area (Å²) in [6.07, 6.45) is 47.6. The maximum Gasteiger partial charge on any atom is 0.242 e. The van der Waals surface area contributed by atoms with Gasteiger partial charge in [0.05, 0.1) is 6.33 Å². The lowest BCUT2D eigenvalue weighted by molar-refractivity contribution is -0.129. The quantitative estimate of drug-likeness (QED) is 0.0497. The van der Waals surface area contributed by atoms with E-state index in [9.17, 15) is 9.59 Å². The van der Waals surface area contributed by atoms with Crippen molar-refractivity contribution >= 4 is 11.8 Å². The fraction of sp³-hybridized carbons (Fsp3) is 0.786. The van der Waals surface area contributed by atoms with Crippen LogP contribution < -0.4 is 10.6 Å². The summed E-state index contributed by atoms with van der Waals surface area (Å²) in [7, 11) is 0. The summed E-state index contributed by atoms with van der Waals surface area (Å²) in [5.74, 6) is -0.139. The number of H-pyrrole nitrogens is 1. The zero-order valence-corrected chi connectivity index (χ0v) is 31.5. The summed E-state index contributed by atoms with van der Waals surface area (Å²) in [6.45, 7) is 5.20. The largest absolute Gasteiger partial charge is 0.354 e. The molecule has 2 amide bonds. The Balaban J connectivity index is 2.09. The molecule has 0 saturated heterocycles. The SMILES string of the molecule is CCCCCCCC/C=C\CCCCCCCCNC(=O)C(Cc1cnc[nH]1)NC(=O)CCCCCCC/C=C\CCCCCCCC. The predicted octanol–water partition coefficient (Wildman–Crippen LogP) is 11.6. The number of rotatable bonds is 35. The van der Waals surface area contributed by atoms with Crippen LogP contribution in [0.2, 0.25) is 0 Å². The standard InChI is InChI=1S/C42H76N4O2/c1-3-5-7-9-11-13-15-17-19-21-23-25-27-29-31-33-35-44-42(48)40(36-39-37-43-38-45-39)46-41(47)34-32-30-28-26-24-22-20-18-16-14-12-10-8-6-4-2/h17-20,37-38,40H,3-16,21-36H2,1-2H3,(H,43,45)(H,44,48)(H,46,47)/b19-17-,20-18-. The van der Waals surface area contributed by atoms with Gasteiger partial charge >= 0.3 is 0 Å². The molecule has 0 aliphatic rings. The summed E-state index contributed by atoms with van der Waals surface area (Å²) in [5, 5.41) is 6.07. The van der Waals surface area contributed by atoms with E-state index >= 15 is 0 Å². The molecular formula is C42H76N4O2. The molecule has 6 nitrogen and oxygen atoms in total. The Bertz CT molecular complexity index is 895. The molecule has 1 aromatic heterocycles. The molecule has 0 aliphatic carbocycles. The van der Waals surface area contributed by atoms with Gasteiger partial charge in [-0.15, -0.1) is 0 Å². The predicted molar refractivity (Wildman–Crippen MR) is 206 cm³/mol. The van der Waals surface area contributed by atoms with E-state index in [1.54, 1.807) is 12.5 Å². The van der Waals surface area contributed by atoms with Gasteiger partial charge in [-0.25, -0.2) is 4.98 Å². The molecule has 1 heterocycles. The van der Waals surface area contributed by atoms with Gasteiger partial charge in [0.15, 0.2) is 0 Å². The lowest BCUT2D eigenvalue weighted by Crippen LogP contribution is -2.48. The third-order valence-corrected chi connectivity index (χ3v) is 9.28. The Labute approximate surface area is 296 Å². The molecule has 0 aliphatic heterocycles. The molecular weight excluding hydrogens is 592 g/mol. The van der Waals surface area contributed by atoms with Crippen LogP contribution in [-0.2, 0) is 16.0 Å². The Kier molecular flexibility index (Phi) is 31.4. The molecule has 0 fully saturated rings. The van der Waals surface area contributed by atoms with Crippen LogP contribution in [0, 0.1) is 0 Å². The number of carbonyl (C=O) groups excluding carboxylic acids is 2. The van der Waals surface area contributed by atoms with Crippen molar-refractivity contribution < 1.29 is 9.59 Å². The second kappa shape index (κ2) is 34.5. The first kappa shape index (κ1) is 43.7. The molecule has 0 radical (unpaired) electrons. The molecule has 0 aromatic carbocycles. The number of amides is 2. The topological polar surface area (TPSA) is 86.9 Å². The molecule has 0 spiro atoms. The molecule has 3 N–H and O–H groups in total. The van der Waals surface area contributed by atoms with E-state index in [1.807, 2.05) is 0 Å². The number of unbranched alkanes of at least 4 members (excludes halogenated alkanes) is 23. The van der Waals surface area contributed by atoms with Crippen molar-refractivity contribution in [2.24, 2.45) is 0 Å². The van der Waals surface area contributed by atoms with Crippen molar-refractivity contribution in [1.82, 2.24) is 20.6 Å². The first-order valence-corrected chi connectivity index (χ1v) is 20.5. The van der Waals surface area contributed by atoms with Crippen LogP contribution >= 0.6 is 0 Å². The van der Waals surface area contributed by atoms with Crippen molar-refractivity contribution in [1.29, 1.82) is 0 Å². The second-order valence-corrected chi connectivity index (χ2v) is 14.0. The Morgan fingerprint density at radius 2 is 1.06 bits per heavy atom. The van der Waals surface area contributed by atoms with Crippen LogP contribution in [0.1, 0.15) is 199 Å². The summed E-state index contributed by atoms with van der Waals surface area (Å²) in [5.41, 5.74) is 0.855. The van der Waals surface area contributed by atoms with Crippen LogP contribution in [0.3, 0.4) is 0 Å². The second-order valence-electron chi connectivity index (χ2n) is 14.0. The van der Waals surface area contributed by atoms with Crippen LogP contribution in [0.25, 0.3) is 0 Å². The Morgan fingerprint density at radius 3 is 1.52 bits per heavy atom. The number of hydrogen-bond acceptors (Lipinski definition) is 3. The monoisotopic (exact) mass is 669 g/mol. The number of allylic oxidation sites excluding steroid dienone is 4. The van der Waals surface area contributed by atoms with E-state index in [0.717, 1.165) is 44.2 Å². The fourth-order valence-electron chi connectivity index (χ4n) is 6.16. The normalized spacial score (nSPS) is 12.3. The first-order chi connectivity index (χ1) is 23.7. The van der Waals surface area contributed by atoms with Crippen molar-refractivity contribution in [3.8, 4) is 0 Å². The van der Waals surface area contributed by atoms with Gasteiger partial charge in [0, 0.05) is 31.3 Å². The zero-order chi connectivity index (χ0) is 34.6. The van der Waals surface area contributed by atoms with Crippen molar-refractivity contribution in [3.05, 3.63) is 42.5 Å². The molecule has 276 valence electrons. The third-order valence-electron chi connectivity index (χ3n) is 9.28. The van der Waals surface area contributed by atoms with Crippen LogP contribution in [0.5, 0.6) is 0 Å². The van der Waals surface area contributed by atoms with Gasteiger partial charge in [-0.3, -0.25) is 9.59 Å². The lowest BCUT2D eigenvalue weighted by Gasteiger charge is -2.18. The molecule has 0 bridgehead atoms. The molecule has 1 aromatic rings. The molecule has 1 unspecified atom stereocenters. The van der Waals surface area contributed by atoms with E-state index in [-0.39, 0.29) is 11.8 Å². The molecule has 0 saturated carbocycles. The maximum absolute atomic E-state index is 13.0. The average molecular weight is 669 g/mol.